The largest absolute Gasteiger partial charge is 0.306 e. The maximum Gasteiger partial charge on any atom is -0.000959 e. The Morgan fingerprint density at radius 3 is 0.789 bits per heavy atom. The van der Waals surface area contributed by atoms with Crippen LogP contribution < -0.4 is 0 Å². The van der Waals surface area contributed by atoms with Crippen LogP contribution in [0, 0.1) is 0 Å². The second-order valence-corrected chi connectivity index (χ2v) is 6.03. The van der Waals surface area contributed by atoms with Gasteiger partial charge in [-0.3, -0.25) is 0 Å². The van der Waals surface area contributed by atoms with Crippen molar-refractivity contribution < 1.29 is 0 Å². The summed E-state index contributed by atoms with van der Waals surface area (Å²) in [5.74, 6) is 0. The zero-order valence-electron chi connectivity index (χ0n) is 12.8. The molecule has 3 nitrogen and oxygen atoms in total. The molecule has 0 unspecified atom stereocenters. The maximum atomic E-state index is 2.39. The molecule has 3 rings (SSSR count). The van der Waals surface area contributed by atoms with E-state index in [-0.39, 0.29) is 7.43 Å². The fourth-order valence-corrected chi connectivity index (χ4v) is 2.40. The molecule has 3 fully saturated rings. The third-order valence-corrected chi connectivity index (χ3v) is 3.99. The summed E-state index contributed by atoms with van der Waals surface area (Å²) in [5, 5.41) is 0. The number of rotatable bonds is 0. The number of likely N-dealkylation sites (tertiary alicyclic amines) is 3. The molecule has 3 aliphatic rings. The highest BCUT2D eigenvalue weighted by molar-refractivity contribution is 4.61. The van der Waals surface area contributed by atoms with Gasteiger partial charge < -0.3 is 14.7 Å². The highest BCUT2D eigenvalue weighted by Gasteiger charge is 2.05. The predicted molar refractivity (Wildman–Crippen MR) is 86.9 cm³/mol. The van der Waals surface area contributed by atoms with Crippen LogP contribution in [0.5, 0.6) is 0 Å². The summed E-state index contributed by atoms with van der Waals surface area (Å²) in [6.45, 7) is 7.92. The summed E-state index contributed by atoms with van der Waals surface area (Å²) in [6, 6.07) is 0. The molecule has 3 heterocycles. The van der Waals surface area contributed by atoms with Crippen molar-refractivity contribution in [2.75, 3.05) is 60.4 Å². The third-order valence-electron chi connectivity index (χ3n) is 3.99. The fourth-order valence-electron chi connectivity index (χ4n) is 2.40. The molecule has 116 valence electrons. The Kier molecular flexibility index (Phi) is 11.6. The van der Waals surface area contributed by atoms with Crippen LogP contribution >= 0.6 is 0 Å². The summed E-state index contributed by atoms with van der Waals surface area (Å²) >= 11 is 0. The van der Waals surface area contributed by atoms with Gasteiger partial charge in [-0.2, -0.15) is 0 Å². The standard InChI is InChI=1S/C6H13N.C5H11N.C4H9N.CH4/c1-7-5-3-2-4-6-7;1-6-4-2-3-5-6;1-5-3-2-4-5;/h2-6H2,1H3;2-5H2,1H3;2-4H2,1H3;1H4. The molecule has 3 heteroatoms. The van der Waals surface area contributed by atoms with E-state index in [2.05, 4.69) is 35.8 Å². The lowest BCUT2D eigenvalue weighted by atomic mass is 10.1. The molecular weight excluding hydrogens is 234 g/mol. The molecule has 0 aromatic carbocycles. The Hall–Kier alpha value is -0.120. The van der Waals surface area contributed by atoms with E-state index in [0.717, 1.165) is 0 Å². The van der Waals surface area contributed by atoms with Gasteiger partial charge in [0, 0.05) is 0 Å². The smallest absolute Gasteiger partial charge is 0.000959 e. The van der Waals surface area contributed by atoms with Crippen molar-refractivity contribution in [2.45, 2.75) is 46.0 Å². The molecule has 0 amide bonds. The first-order valence-electron chi connectivity index (χ1n) is 7.74. The van der Waals surface area contributed by atoms with Gasteiger partial charge in [0.1, 0.15) is 0 Å². The lowest BCUT2D eigenvalue weighted by molar-refractivity contribution is 0.229. The molecule has 0 saturated carbocycles. The highest BCUT2D eigenvalue weighted by Crippen LogP contribution is 2.04. The van der Waals surface area contributed by atoms with E-state index in [4.69, 9.17) is 0 Å². The molecule has 0 aromatic heterocycles. The Morgan fingerprint density at radius 2 is 0.684 bits per heavy atom. The highest BCUT2D eigenvalue weighted by atomic mass is 15.1. The zero-order valence-corrected chi connectivity index (χ0v) is 12.8. The van der Waals surface area contributed by atoms with Gasteiger partial charge in [-0.15, -0.1) is 0 Å². The maximum absolute atomic E-state index is 2.39. The van der Waals surface area contributed by atoms with E-state index in [1.54, 1.807) is 0 Å². The van der Waals surface area contributed by atoms with Crippen LogP contribution in [-0.2, 0) is 0 Å². The quantitative estimate of drug-likeness (QED) is 0.671. The van der Waals surface area contributed by atoms with Crippen molar-refractivity contribution >= 4 is 0 Å². The van der Waals surface area contributed by atoms with Crippen molar-refractivity contribution in [2.24, 2.45) is 0 Å². The molecule has 0 aromatic rings. The Labute approximate surface area is 121 Å². The monoisotopic (exact) mass is 271 g/mol. The lowest BCUT2D eigenvalue weighted by Gasteiger charge is -2.24. The van der Waals surface area contributed by atoms with Gasteiger partial charge in [-0.05, 0) is 92.5 Å². The number of piperidine rings is 1. The van der Waals surface area contributed by atoms with Gasteiger partial charge in [0.2, 0.25) is 0 Å². The molecule has 3 aliphatic heterocycles. The van der Waals surface area contributed by atoms with E-state index in [9.17, 15) is 0 Å². The van der Waals surface area contributed by atoms with Crippen LogP contribution in [0.25, 0.3) is 0 Å². The molecule has 0 atom stereocenters. The predicted octanol–water partition coefficient (Wildman–Crippen LogP) is 2.77. The van der Waals surface area contributed by atoms with Crippen molar-refractivity contribution in [1.29, 1.82) is 0 Å². The fraction of sp³-hybridized carbons (Fsp3) is 1.00. The molecule has 0 radical (unpaired) electrons. The van der Waals surface area contributed by atoms with Crippen molar-refractivity contribution in [3.8, 4) is 0 Å². The van der Waals surface area contributed by atoms with Gasteiger partial charge >= 0.3 is 0 Å². The van der Waals surface area contributed by atoms with E-state index in [0.29, 0.717) is 0 Å². The molecule has 0 spiro atoms. The minimum Gasteiger partial charge on any atom is -0.306 e. The second-order valence-electron chi connectivity index (χ2n) is 6.03. The van der Waals surface area contributed by atoms with Crippen LogP contribution in [0.3, 0.4) is 0 Å². The Balaban J connectivity index is 0.000000252. The molecule has 19 heavy (non-hydrogen) atoms. The minimum atomic E-state index is 0. The first kappa shape index (κ1) is 18.9. The van der Waals surface area contributed by atoms with Gasteiger partial charge in [0.15, 0.2) is 0 Å². The number of hydrogen-bond donors (Lipinski definition) is 0. The molecule has 0 N–H and O–H groups in total. The van der Waals surface area contributed by atoms with Crippen molar-refractivity contribution in [3.63, 3.8) is 0 Å². The van der Waals surface area contributed by atoms with E-state index in [1.807, 2.05) is 0 Å². The van der Waals surface area contributed by atoms with Crippen LogP contribution in [0.2, 0.25) is 0 Å². The summed E-state index contributed by atoms with van der Waals surface area (Å²) in [7, 11) is 6.51. The Bertz CT molecular complexity index is 180. The van der Waals surface area contributed by atoms with Gasteiger partial charge in [0.05, 0.1) is 0 Å². The van der Waals surface area contributed by atoms with Crippen molar-refractivity contribution in [1.82, 2.24) is 14.7 Å². The van der Waals surface area contributed by atoms with Crippen LogP contribution in [0.15, 0.2) is 0 Å². The molecule has 0 aliphatic carbocycles. The average Bonchev–Trinajstić information content (AvgIpc) is 2.80. The van der Waals surface area contributed by atoms with E-state index in [1.165, 1.54) is 77.8 Å². The van der Waals surface area contributed by atoms with Crippen LogP contribution in [0.4, 0.5) is 0 Å². The lowest BCUT2D eigenvalue weighted by Crippen LogP contribution is -2.32. The second kappa shape index (κ2) is 11.7. The zero-order chi connectivity index (χ0) is 13.2. The molecule has 3 saturated heterocycles. The first-order chi connectivity index (χ1) is 8.68. The number of hydrogen-bond acceptors (Lipinski definition) is 3. The van der Waals surface area contributed by atoms with Crippen LogP contribution in [0.1, 0.15) is 46.0 Å². The summed E-state index contributed by atoms with van der Waals surface area (Å²) in [5.41, 5.74) is 0. The summed E-state index contributed by atoms with van der Waals surface area (Å²) in [6.07, 6.45) is 8.51. The topological polar surface area (TPSA) is 9.72 Å². The van der Waals surface area contributed by atoms with Crippen LogP contribution in [-0.4, -0.2) is 75.1 Å². The van der Waals surface area contributed by atoms with E-state index < -0.39 is 0 Å². The van der Waals surface area contributed by atoms with Gasteiger partial charge in [-0.1, -0.05) is 13.8 Å². The van der Waals surface area contributed by atoms with Gasteiger partial charge in [0.25, 0.3) is 0 Å². The summed E-state index contributed by atoms with van der Waals surface area (Å²) in [4.78, 5) is 7.06. The first-order valence-corrected chi connectivity index (χ1v) is 7.74. The number of nitrogens with zero attached hydrogens (tertiary/aromatic N) is 3. The molecular formula is C16H37N3. The molecule has 0 bridgehead atoms. The normalized spacial score (nSPS) is 24.2. The summed E-state index contributed by atoms with van der Waals surface area (Å²) < 4.78 is 0. The SMILES string of the molecule is C.CN1CCC1.CN1CCCC1.CN1CCCCC1. The average molecular weight is 271 g/mol. The van der Waals surface area contributed by atoms with Gasteiger partial charge in [-0.25, -0.2) is 0 Å². The van der Waals surface area contributed by atoms with E-state index >= 15 is 0 Å². The third kappa shape index (κ3) is 10.3. The minimum absolute atomic E-state index is 0. The van der Waals surface area contributed by atoms with Crippen molar-refractivity contribution in [3.05, 3.63) is 0 Å². The Morgan fingerprint density at radius 1 is 0.421 bits per heavy atom.